The van der Waals surface area contributed by atoms with Crippen molar-refractivity contribution in [3.8, 4) is 66.8 Å². The smallest absolute Gasteiger partial charge is 0.159 e. The zero-order valence-electron chi connectivity index (χ0n) is 36.2. The molecule has 1 aromatic heterocycles. The van der Waals surface area contributed by atoms with E-state index >= 15 is 0 Å². The fourth-order valence-corrected chi connectivity index (χ4v) is 9.99. The van der Waals surface area contributed by atoms with E-state index in [0.29, 0.717) is 0 Å². The number of benzene rings is 11. The summed E-state index contributed by atoms with van der Waals surface area (Å²) in [5.74, 6) is 0. The van der Waals surface area contributed by atoms with Crippen molar-refractivity contribution in [2.24, 2.45) is 0 Å². The SMILES string of the molecule is c1ccc(-c2c(-c3ccccc3)c(-c3ccccc3)c3c(-c4ccc(N(c5ccccc5)c5cccc6c5oc5c(-c7ccccc7)cccc56)cc4)cccc3c2-c2ccccc2)cc1. The summed E-state index contributed by atoms with van der Waals surface area (Å²) >= 11 is 0. The lowest BCUT2D eigenvalue weighted by molar-refractivity contribution is 0.670. The van der Waals surface area contributed by atoms with Gasteiger partial charge in [0.2, 0.25) is 0 Å². The summed E-state index contributed by atoms with van der Waals surface area (Å²) in [6.45, 7) is 0. The van der Waals surface area contributed by atoms with E-state index in [1.807, 2.05) is 0 Å². The first kappa shape index (κ1) is 38.9. The van der Waals surface area contributed by atoms with Gasteiger partial charge in [-0.05, 0) is 102 Å². The Labute approximate surface area is 384 Å². The molecule has 0 saturated heterocycles. The molecule has 12 aromatic rings. The number of fused-ring (bicyclic) bond motifs is 4. The highest BCUT2D eigenvalue weighted by Gasteiger charge is 2.26. The summed E-state index contributed by atoms with van der Waals surface area (Å²) in [6.07, 6.45) is 0. The summed E-state index contributed by atoms with van der Waals surface area (Å²) in [7, 11) is 0. The van der Waals surface area contributed by atoms with Crippen molar-refractivity contribution in [3.05, 3.63) is 261 Å². The fraction of sp³-hybridized carbons (Fsp3) is 0. The quantitative estimate of drug-likeness (QED) is 0.144. The number of furan rings is 1. The number of para-hydroxylation sites is 3. The number of anilines is 3. The molecule has 0 amide bonds. The van der Waals surface area contributed by atoms with E-state index in [-0.39, 0.29) is 0 Å². The molecule has 0 aliphatic carbocycles. The second-order valence-electron chi connectivity index (χ2n) is 16.7. The number of nitrogens with zero attached hydrogens (tertiary/aromatic N) is 1. The van der Waals surface area contributed by atoms with Crippen LogP contribution in [0.2, 0.25) is 0 Å². The molecule has 66 heavy (non-hydrogen) atoms. The Morgan fingerprint density at radius 2 is 0.636 bits per heavy atom. The van der Waals surface area contributed by atoms with Gasteiger partial charge in [-0.15, -0.1) is 0 Å². The molecule has 2 heteroatoms. The number of hydrogen-bond donors (Lipinski definition) is 0. The minimum absolute atomic E-state index is 0.849. The maximum Gasteiger partial charge on any atom is 0.159 e. The van der Waals surface area contributed by atoms with Crippen LogP contribution in [0.5, 0.6) is 0 Å². The van der Waals surface area contributed by atoms with Crippen molar-refractivity contribution in [1.29, 1.82) is 0 Å². The Hall–Kier alpha value is -8.72. The molecule has 12 rings (SSSR count). The molecule has 0 fully saturated rings. The van der Waals surface area contributed by atoms with E-state index in [1.54, 1.807) is 0 Å². The molecule has 0 spiro atoms. The van der Waals surface area contributed by atoms with Crippen LogP contribution in [-0.2, 0) is 0 Å². The first-order valence-electron chi connectivity index (χ1n) is 22.6. The van der Waals surface area contributed by atoms with Gasteiger partial charge in [-0.1, -0.05) is 231 Å². The third kappa shape index (κ3) is 6.75. The average Bonchev–Trinajstić information content (AvgIpc) is 3.79. The minimum atomic E-state index is 0.849. The summed E-state index contributed by atoms with van der Waals surface area (Å²) < 4.78 is 6.98. The van der Waals surface area contributed by atoms with Gasteiger partial charge in [-0.2, -0.15) is 0 Å². The maximum absolute atomic E-state index is 6.98. The molecule has 0 bridgehead atoms. The van der Waals surface area contributed by atoms with Gasteiger partial charge in [-0.25, -0.2) is 0 Å². The Kier molecular flexibility index (Phi) is 9.89. The van der Waals surface area contributed by atoms with Crippen LogP contribution in [-0.4, -0.2) is 0 Å². The third-order valence-electron chi connectivity index (χ3n) is 12.9. The standard InChI is InChI=1S/C64H43NO/c1-7-22-44(23-8-1)53-35-20-36-54-55-37-21-39-57(64(55)66-63(53)54)65(50-32-17-6-18-33-50)51-42-40-45(41-43-51)52-34-19-38-56-58(46-24-9-2-10-25-46)59(47-26-11-3-12-27-47)60(48-28-13-4-14-29-48)61(62(52)56)49-30-15-5-16-31-49/h1-43H. The Balaban J connectivity index is 1.10. The Morgan fingerprint density at radius 1 is 0.242 bits per heavy atom. The molecule has 310 valence electrons. The zero-order valence-corrected chi connectivity index (χ0v) is 36.2. The van der Waals surface area contributed by atoms with Gasteiger partial charge in [0.15, 0.2) is 5.58 Å². The summed E-state index contributed by atoms with van der Waals surface area (Å²) in [4.78, 5) is 2.32. The molecule has 0 radical (unpaired) electrons. The Morgan fingerprint density at radius 3 is 1.20 bits per heavy atom. The molecule has 0 aliphatic heterocycles. The van der Waals surface area contributed by atoms with Crippen LogP contribution in [0.3, 0.4) is 0 Å². The second kappa shape index (κ2) is 16.8. The van der Waals surface area contributed by atoms with Gasteiger partial charge in [-0.3, -0.25) is 0 Å². The van der Waals surface area contributed by atoms with Crippen molar-refractivity contribution < 1.29 is 4.42 Å². The molecule has 0 aliphatic rings. The molecule has 0 unspecified atom stereocenters. The van der Waals surface area contributed by atoms with E-state index < -0.39 is 0 Å². The molecule has 0 N–H and O–H groups in total. The van der Waals surface area contributed by atoms with Crippen LogP contribution in [0.25, 0.3) is 99.5 Å². The lowest BCUT2D eigenvalue weighted by Crippen LogP contribution is -2.10. The first-order chi connectivity index (χ1) is 32.8. The van der Waals surface area contributed by atoms with E-state index in [2.05, 4.69) is 266 Å². The predicted octanol–water partition coefficient (Wildman–Crippen LogP) is 18.2. The Bertz CT molecular complexity index is 3640. The van der Waals surface area contributed by atoms with Crippen LogP contribution in [0, 0.1) is 0 Å². The number of hydrogen-bond acceptors (Lipinski definition) is 2. The van der Waals surface area contributed by atoms with Crippen molar-refractivity contribution in [3.63, 3.8) is 0 Å². The topological polar surface area (TPSA) is 16.4 Å². The molecule has 0 saturated carbocycles. The average molecular weight is 842 g/mol. The highest BCUT2D eigenvalue weighted by Crippen LogP contribution is 2.53. The van der Waals surface area contributed by atoms with Gasteiger partial charge >= 0.3 is 0 Å². The van der Waals surface area contributed by atoms with Gasteiger partial charge in [0, 0.05) is 27.7 Å². The van der Waals surface area contributed by atoms with Crippen LogP contribution < -0.4 is 4.90 Å². The van der Waals surface area contributed by atoms with Crippen LogP contribution in [0.1, 0.15) is 0 Å². The van der Waals surface area contributed by atoms with Gasteiger partial charge in [0.25, 0.3) is 0 Å². The summed E-state index contributed by atoms with van der Waals surface area (Å²) in [5, 5.41) is 4.61. The lowest BCUT2D eigenvalue weighted by atomic mass is 9.77. The highest BCUT2D eigenvalue weighted by atomic mass is 16.3. The van der Waals surface area contributed by atoms with E-state index in [4.69, 9.17) is 4.42 Å². The van der Waals surface area contributed by atoms with Crippen LogP contribution in [0.15, 0.2) is 265 Å². The van der Waals surface area contributed by atoms with Gasteiger partial charge in [0.1, 0.15) is 5.58 Å². The highest BCUT2D eigenvalue weighted by molar-refractivity contribution is 6.22. The lowest BCUT2D eigenvalue weighted by Gasteiger charge is -2.27. The van der Waals surface area contributed by atoms with Crippen LogP contribution >= 0.6 is 0 Å². The van der Waals surface area contributed by atoms with Crippen molar-refractivity contribution in [2.45, 2.75) is 0 Å². The van der Waals surface area contributed by atoms with Gasteiger partial charge in [0.05, 0.1) is 5.69 Å². The molecular formula is C64H43NO. The van der Waals surface area contributed by atoms with Crippen LogP contribution in [0.4, 0.5) is 17.1 Å². The first-order valence-corrected chi connectivity index (χ1v) is 22.6. The van der Waals surface area contributed by atoms with Crippen molar-refractivity contribution in [2.75, 3.05) is 4.90 Å². The minimum Gasteiger partial charge on any atom is -0.453 e. The molecule has 11 aromatic carbocycles. The second-order valence-corrected chi connectivity index (χ2v) is 16.7. The molecule has 2 nitrogen and oxygen atoms in total. The predicted molar refractivity (Wildman–Crippen MR) is 279 cm³/mol. The molecular weight excluding hydrogens is 799 g/mol. The van der Waals surface area contributed by atoms with E-state index in [1.165, 1.54) is 60.8 Å². The van der Waals surface area contributed by atoms with Gasteiger partial charge < -0.3 is 9.32 Å². The summed E-state index contributed by atoms with van der Waals surface area (Å²) in [6, 6.07) is 93.7. The monoisotopic (exact) mass is 841 g/mol. The number of rotatable bonds is 9. The largest absolute Gasteiger partial charge is 0.453 e. The van der Waals surface area contributed by atoms with E-state index in [0.717, 1.165) is 55.7 Å². The normalized spacial score (nSPS) is 11.3. The zero-order chi connectivity index (χ0) is 43.8. The third-order valence-corrected chi connectivity index (χ3v) is 12.9. The van der Waals surface area contributed by atoms with Crippen molar-refractivity contribution >= 4 is 49.8 Å². The molecule has 1 heterocycles. The molecule has 0 atom stereocenters. The van der Waals surface area contributed by atoms with E-state index in [9.17, 15) is 0 Å². The van der Waals surface area contributed by atoms with Crippen molar-refractivity contribution in [1.82, 2.24) is 0 Å². The maximum atomic E-state index is 6.98. The fourth-order valence-electron chi connectivity index (χ4n) is 9.99. The summed E-state index contributed by atoms with van der Waals surface area (Å²) in [5.41, 5.74) is 18.9.